The average Bonchev–Trinajstić information content (AvgIpc) is 2.45. The van der Waals surface area contributed by atoms with Gasteiger partial charge in [0.1, 0.15) is 5.75 Å². The lowest BCUT2D eigenvalue weighted by atomic mass is 10.1. The van der Waals surface area contributed by atoms with Crippen molar-refractivity contribution in [2.45, 2.75) is 52.2 Å². The smallest absolute Gasteiger partial charge is 0.260 e. The van der Waals surface area contributed by atoms with Gasteiger partial charge in [-0.1, -0.05) is 37.4 Å². The van der Waals surface area contributed by atoms with Gasteiger partial charge in [-0.05, 0) is 38.0 Å². The van der Waals surface area contributed by atoms with E-state index in [1.54, 1.807) is 19.1 Å². The number of halogens is 1. The van der Waals surface area contributed by atoms with Crippen LogP contribution in [0.1, 0.15) is 51.6 Å². The molecule has 2 atom stereocenters. The summed E-state index contributed by atoms with van der Waals surface area (Å²) in [4.78, 5) is 11.9. The number of ether oxygens (including phenoxy) is 1. The van der Waals surface area contributed by atoms with Gasteiger partial charge < -0.3 is 15.8 Å². The molecule has 4 nitrogen and oxygen atoms in total. The molecule has 1 rings (SSSR count). The highest BCUT2D eigenvalue weighted by atomic mass is 35.5. The van der Waals surface area contributed by atoms with Crippen LogP contribution in [0.5, 0.6) is 5.75 Å². The Morgan fingerprint density at radius 3 is 2.67 bits per heavy atom. The predicted molar refractivity (Wildman–Crippen MR) is 86.7 cm³/mol. The van der Waals surface area contributed by atoms with E-state index in [9.17, 15) is 4.79 Å². The fourth-order valence-corrected chi connectivity index (χ4v) is 2.10. The van der Waals surface area contributed by atoms with Crippen LogP contribution in [0.25, 0.3) is 0 Å². The Bertz CT molecular complexity index is 464. The molecular formula is C16H25ClN2O2. The molecule has 1 amide bonds. The number of nitrogens with two attached hydrogens (primary N) is 1. The van der Waals surface area contributed by atoms with Crippen LogP contribution in [0.15, 0.2) is 18.2 Å². The topological polar surface area (TPSA) is 64.3 Å². The Balaban J connectivity index is 2.54. The third kappa shape index (κ3) is 5.94. The zero-order chi connectivity index (χ0) is 15.8. The molecule has 0 saturated heterocycles. The first-order valence-electron chi connectivity index (χ1n) is 7.45. The SMILES string of the molecule is CCCCCNC(=O)C(C)Oc1ccc([C@@H](C)N)cc1Cl. The molecule has 5 heteroatoms. The van der Waals surface area contributed by atoms with Gasteiger partial charge in [-0.25, -0.2) is 0 Å². The number of nitrogens with one attached hydrogen (secondary N) is 1. The molecule has 118 valence electrons. The summed E-state index contributed by atoms with van der Waals surface area (Å²) < 4.78 is 5.61. The van der Waals surface area contributed by atoms with Crippen LogP contribution in [-0.2, 0) is 4.79 Å². The van der Waals surface area contributed by atoms with Crippen molar-refractivity contribution in [2.75, 3.05) is 6.54 Å². The largest absolute Gasteiger partial charge is 0.479 e. The van der Waals surface area contributed by atoms with E-state index in [1.165, 1.54) is 0 Å². The molecule has 0 aliphatic carbocycles. The van der Waals surface area contributed by atoms with Crippen LogP contribution in [0.3, 0.4) is 0 Å². The van der Waals surface area contributed by atoms with Gasteiger partial charge >= 0.3 is 0 Å². The number of unbranched alkanes of at least 4 members (excludes halogenated alkanes) is 2. The molecule has 3 N–H and O–H groups in total. The van der Waals surface area contributed by atoms with E-state index in [0.717, 1.165) is 24.8 Å². The van der Waals surface area contributed by atoms with Crippen molar-refractivity contribution in [2.24, 2.45) is 5.73 Å². The number of carbonyl (C=O) groups is 1. The van der Waals surface area contributed by atoms with Crippen LogP contribution < -0.4 is 15.8 Å². The molecule has 0 radical (unpaired) electrons. The first-order chi connectivity index (χ1) is 9.95. The van der Waals surface area contributed by atoms with Crippen molar-refractivity contribution in [1.29, 1.82) is 0 Å². The fourth-order valence-electron chi connectivity index (χ4n) is 1.87. The third-order valence-corrected chi connectivity index (χ3v) is 3.53. The standard InChI is InChI=1S/C16H25ClN2O2/c1-4-5-6-9-19-16(20)12(3)21-15-8-7-13(11(2)18)10-14(15)17/h7-8,10-12H,4-6,9,18H2,1-3H3,(H,19,20)/t11-,12?/m1/s1. The maximum Gasteiger partial charge on any atom is 0.260 e. The molecule has 1 aromatic rings. The van der Waals surface area contributed by atoms with Crippen molar-refractivity contribution in [3.05, 3.63) is 28.8 Å². The maximum atomic E-state index is 11.9. The summed E-state index contributed by atoms with van der Waals surface area (Å²) in [5, 5.41) is 3.33. The highest BCUT2D eigenvalue weighted by molar-refractivity contribution is 6.32. The number of hydrogen-bond donors (Lipinski definition) is 2. The summed E-state index contributed by atoms with van der Waals surface area (Å²) >= 11 is 6.16. The molecule has 0 aromatic heterocycles. The minimum absolute atomic E-state index is 0.0872. The lowest BCUT2D eigenvalue weighted by Gasteiger charge is -2.16. The van der Waals surface area contributed by atoms with E-state index < -0.39 is 6.10 Å². The van der Waals surface area contributed by atoms with E-state index in [-0.39, 0.29) is 11.9 Å². The number of carbonyl (C=O) groups excluding carboxylic acids is 1. The summed E-state index contributed by atoms with van der Waals surface area (Å²) in [5.41, 5.74) is 6.73. The second kappa shape index (κ2) is 8.90. The van der Waals surface area contributed by atoms with Gasteiger partial charge in [0.25, 0.3) is 5.91 Å². The van der Waals surface area contributed by atoms with E-state index in [0.29, 0.717) is 17.3 Å². The lowest BCUT2D eigenvalue weighted by Crippen LogP contribution is -2.36. The van der Waals surface area contributed by atoms with Gasteiger partial charge in [0.2, 0.25) is 0 Å². The number of hydrogen-bond acceptors (Lipinski definition) is 3. The molecular weight excluding hydrogens is 288 g/mol. The molecule has 0 aliphatic heterocycles. The fraction of sp³-hybridized carbons (Fsp3) is 0.562. The Kier molecular flexibility index (Phi) is 7.54. The number of amides is 1. The first kappa shape index (κ1) is 17.8. The van der Waals surface area contributed by atoms with Crippen molar-refractivity contribution >= 4 is 17.5 Å². The van der Waals surface area contributed by atoms with Crippen molar-refractivity contribution in [3.8, 4) is 5.75 Å². The highest BCUT2D eigenvalue weighted by Gasteiger charge is 2.16. The Morgan fingerprint density at radius 2 is 2.10 bits per heavy atom. The van der Waals surface area contributed by atoms with Crippen LogP contribution >= 0.6 is 11.6 Å². The minimum Gasteiger partial charge on any atom is -0.479 e. The molecule has 0 aliphatic rings. The molecule has 1 unspecified atom stereocenters. The van der Waals surface area contributed by atoms with Gasteiger partial charge in [-0.3, -0.25) is 4.79 Å². The monoisotopic (exact) mass is 312 g/mol. The summed E-state index contributed by atoms with van der Waals surface area (Å²) in [6.07, 6.45) is 2.65. The molecule has 0 spiro atoms. The second-order valence-corrected chi connectivity index (χ2v) is 5.64. The Hall–Kier alpha value is -1.26. The quantitative estimate of drug-likeness (QED) is 0.723. The van der Waals surface area contributed by atoms with Crippen LogP contribution in [-0.4, -0.2) is 18.6 Å². The third-order valence-electron chi connectivity index (χ3n) is 3.23. The van der Waals surface area contributed by atoms with Crippen molar-refractivity contribution in [1.82, 2.24) is 5.32 Å². The normalized spacial score (nSPS) is 13.6. The Labute approximate surface area is 132 Å². The molecule has 0 bridgehead atoms. The summed E-state index contributed by atoms with van der Waals surface area (Å²) in [7, 11) is 0. The van der Waals surface area contributed by atoms with Gasteiger partial charge in [0.05, 0.1) is 5.02 Å². The van der Waals surface area contributed by atoms with Crippen LogP contribution in [0.2, 0.25) is 5.02 Å². The van der Waals surface area contributed by atoms with Gasteiger partial charge in [0, 0.05) is 12.6 Å². The zero-order valence-electron chi connectivity index (χ0n) is 13.0. The zero-order valence-corrected chi connectivity index (χ0v) is 13.7. The molecule has 0 heterocycles. The second-order valence-electron chi connectivity index (χ2n) is 5.24. The predicted octanol–water partition coefficient (Wildman–Crippen LogP) is 3.43. The van der Waals surface area contributed by atoms with E-state index in [2.05, 4.69) is 12.2 Å². The van der Waals surface area contributed by atoms with Crippen LogP contribution in [0.4, 0.5) is 0 Å². The van der Waals surface area contributed by atoms with Gasteiger partial charge in [-0.2, -0.15) is 0 Å². The first-order valence-corrected chi connectivity index (χ1v) is 7.82. The van der Waals surface area contributed by atoms with Gasteiger partial charge in [-0.15, -0.1) is 0 Å². The molecule has 0 saturated carbocycles. The molecule has 1 aromatic carbocycles. The summed E-state index contributed by atoms with van der Waals surface area (Å²) in [6, 6.07) is 5.29. The number of benzene rings is 1. The average molecular weight is 313 g/mol. The summed E-state index contributed by atoms with van der Waals surface area (Å²) in [6.45, 7) is 6.41. The maximum absolute atomic E-state index is 11.9. The highest BCUT2D eigenvalue weighted by Crippen LogP contribution is 2.28. The van der Waals surface area contributed by atoms with Crippen LogP contribution in [0, 0.1) is 0 Å². The van der Waals surface area contributed by atoms with E-state index in [1.807, 2.05) is 13.0 Å². The van der Waals surface area contributed by atoms with Crippen molar-refractivity contribution in [3.63, 3.8) is 0 Å². The lowest BCUT2D eigenvalue weighted by molar-refractivity contribution is -0.127. The minimum atomic E-state index is -0.578. The van der Waals surface area contributed by atoms with Gasteiger partial charge in [0.15, 0.2) is 6.10 Å². The van der Waals surface area contributed by atoms with E-state index >= 15 is 0 Å². The van der Waals surface area contributed by atoms with E-state index in [4.69, 9.17) is 22.1 Å². The molecule has 21 heavy (non-hydrogen) atoms. The Morgan fingerprint density at radius 1 is 1.38 bits per heavy atom. The molecule has 0 fully saturated rings. The summed E-state index contributed by atoms with van der Waals surface area (Å²) in [5.74, 6) is 0.371. The number of rotatable bonds is 8. The van der Waals surface area contributed by atoms with Crippen molar-refractivity contribution < 1.29 is 9.53 Å².